The predicted octanol–water partition coefficient (Wildman–Crippen LogP) is 1.84. The summed E-state index contributed by atoms with van der Waals surface area (Å²) in [6.45, 7) is 3.88. The molecule has 0 spiro atoms. The molecule has 20 heavy (non-hydrogen) atoms. The molecule has 3 rings (SSSR count). The Bertz CT molecular complexity index is 521. The standard InChI is InChI=1S/C14H17N3O3/c18-17(19)12-5-3-11(4-6-12)14-15-9-13(20-14)10-16-7-1-2-8-16/h3-6,13H,1-2,7-10H2/t13-/m0/s1. The van der Waals surface area contributed by atoms with E-state index in [1.54, 1.807) is 12.1 Å². The molecule has 1 aromatic carbocycles. The highest BCUT2D eigenvalue weighted by atomic mass is 16.6. The quantitative estimate of drug-likeness (QED) is 0.621. The Balaban J connectivity index is 1.59. The predicted molar refractivity (Wildman–Crippen MR) is 75.0 cm³/mol. The summed E-state index contributed by atoms with van der Waals surface area (Å²) in [6.07, 6.45) is 2.64. The van der Waals surface area contributed by atoms with Crippen LogP contribution in [0.25, 0.3) is 0 Å². The van der Waals surface area contributed by atoms with E-state index < -0.39 is 4.92 Å². The number of hydrogen-bond acceptors (Lipinski definition) is 5. The minimum atomic E-state index is -0.405. The SMILES string of the molecule is O=[N+]([O-])c1ccc(C2=NC[C@@H](CN3CCCC3)O2)cc1. The van der Waals surface area contributed by atoms with Gasteiger partial charge in [-0.15, -0.1) is 0 Å². The maximum Gasteiger partial charge on any atom is 0.269 e. The highest BCUT2D eigenvalue weighted by Crippen LogP contribution is 2.18. The number of rotatable bonds is 4. The fourth-order valence-electron chi connectivity index (χ4n) is 2.65. The summed E-state index contributed by atoms with van der Waals surface area (Å²) < 4.78 is 5.85. The van der Waals surface area contributed by atoms with Gasteiger partial charge in [0.25, 0.3) is 5.69 Å². The largest absolute Gasteiger partial charge is 0.471 e. The van der Waals surface area contributed by atoms with Crippen LogP contribution in [0.2, 0.25) is 0 Å². The number of nitro groups is 1. The maximum atomic E-state index is 10.6. The van der Waals surface area contributed by atoms with Gasteiger partial charge in [0.1, 0.15) is 6.10 Å². The van der Waals surface area contributed by atoms with Crippen molar-refractivity contribution < 1.29 is 9.66 Å². The van der Waals surface area contributed by atoms with E-state index in [1.165, 1.54) is 25.0 Å². The summed E-state index contributed by atoms with van der Waals surface area (Å²) in [5.41, 5.74) is 0.889. The number of aliphatic imine (C=N–C) groups is 1. The molecule has 2 aliphatic rings. The number of ether oxygens (including phenoxy) is 1. The van der Waals surface area contributed by atoms with Crippen LogP contribution in [0.4, 0.5) is 5.69 Å². The zero-order valence-corrected chi connectivity index (χ0v) is 11.2. The Morgan fingerprint density at radius 2 is 2.00 bits per heavy atom. The molecule has 1 saturated heterocycles. The lowest BCUT2D eigenvalue weighted by Gasteiger charge is -2.19. The van der Waals surface area contributed by atoms with E-state index in [2.05, 4.69) is 9.89 Å². The lowest BCUT2D eigenvalue weighted by molar-refractivity contribution is -0.384. The van der Waals surface area contributed by atoms with Crippen LogP contribution in [0.1, 0.15) is 18.4 Å². The van der Waals surface area contributed by atoms with E-state index in [1.807, 2.05) is 0 Å². The fraction of sp³-hybridized carbons (Fsp3) is 0.500. The Morgan fingerprint density at radius 1 is 1.30 bits per heavy atom. The van der Waals surface area contributed by atoms with Gasteiger partial charge < -0.3 is 4.74 Å². The van der Waals surface area contributed by atoms with E-state index in [-0.39, 0.29) is 11.8 Å². The van der Waals surface area contributed by atoms with Gasteiger partial charge in [-0.3, -0.25) is 15.0 Å². The molecular weight excluding hydrogens is 258 g/mol. The molecule has 0 N–H and O–H groups in total. The first-order valence-electron chi connectivity index (χ1n) is 6.90. The van der Waals surface area contributed by atoms with Crippen LogP contribution in [0.15, 0.2) is 29.3 Å². The highest BCUT2D eigenvalue weighted by Gasteiger charge is 2.24. The Kier molecular flexibility index (Phi) is 3.64. The second kappa shape index (κ2) is 5.58. The van der Waals surface area contributed by atoms with Crippen molar-refractivity contribution in [1.29, 1.82) is 0 Å². The van der Waals surface area contributed by atoms with Crippen LogP contribution in [0.5, 0.6) is 0 Å². The smallest absolute Gasteiger partial charge is 0.269 e. The van der Waals surface area contributed by atoms with E-state index >= 15 is 0 Å². The van der Waals surface area contributed by atoms with Crippen LogP contribution in [-0.4, -0.2) is 48.0 Å². The molecule has 1 fully saturated rings. The molecule has 0 unspecified atom stereocenters. The molecule has 2 heterocycles. The van der Waals surface area contributed by atoms with Gasteiger partial charge in [0.2, 0.25) is 5.90 Å². The summed E-state index contributed by atoms with van der Waals surface area (Å²) in [6, 6.07) is 6.34. The van der Waals surface area contributed by atoms with Crippen molar-refractivity contribution in [3.05, 3.63) is 39.9 Å². The fourth-order valence-corrected chi connectivity index (χ4v) is 2.65. The van der Waals surface area contributed by atoms with Gasteiger partial charge in [0.05, 0.1) is 11.5 Å². The minimum Gasteiger partial charge on any atom is -0.471 e. The van der Waals surface area contributed by atoms with Crippen LogP contribution in [0, 0.1) is 10.1 Å². The Morgan fingerprint density at radius 3 is 2.65 bits per heavy atom. The monoisotopic (exact) mass is 275 g/mol. The van der Waals surface area contributed by atoms with Crippen LogP contribution < -0.4 is 0 Å². The van der Waals surface area contributed by atoms with Gasteiger partial charge in [-0.25, -0.2) is 4.99 Å². The van der Waals surface area contributed by atoms with Gasteiger partial charge in [-0.05, 0) is 38.1 Å². The number of likely N-dealkylation sites (tertiary alicyclic amines) is 1. The van der Waals surface area contributed by atoms with Crippen LogP contribution in [-0.2, 0) is 4.74 Å². The topological polar surface area (TPSA) is 68.0 Å². The number of benzene rings is 1. The summed E-state index contributed by atoms with van der Waals surface area (Å²) in [4.78, 5) is 17.0. The average molecular weight is 275 g/mol. The van der Waals surface area contributed by atoms with Crippen LogP contribution >= 0.6 is 0 Å². The molecule has 6 heteroatoms. The first-order valence-corrected chi connectivity index (χ1v) is 6.90. The Hall–Kier alpha value is -1.95. The lowest BCUT2D eigenvalue weighted by Crippen LogP contribution is -2.32. The van der Waals surface area contributed by atoms with Gasteiger partial charge in [-0.1, -0.05) is 0 Å². The molecular formula is C14H17N3O3. The van der Waals surface area contributed by atoms with Crippen molar-refractivity contribution >= 4 is 11.6 Å². The summed E-state index contributed by atoms with van der Waals surface area (Å²) in [5, 5.41) is 10.6. The second-order valence-corrected chi connectivity index (χ2v) is 5.20. The van der Waals surface area contributed by atoms with Crippen molar-refractivity contribution in [2.45, 2.75) is 18.9 Å². The number of hydrogen-bond donors (Lipinski definition) is 0. The van der Waals surface area contributed by atoms with E-state index in [0.29, 0.717) is 12.4 Å². The molecule has 2 aliphatic heterocycles. The highest BCUT2D eigenvalue weighted by molar-refractivity contribution is 5.95. The molecule has 1 aromatic rings. The third kappa shape index (κ3) is 2.80. The van der Waals surface area contributed by atoms with Gasteiger partial charge in [0, 0.05) is 24.2 Å². The third-order valence-electron chi connectivity index (χ3n) is 3.70. The van der Waals surface area contributed by atoms with E-state index in [4.69, 9.17) is 4.74 Å². The maximum absolute atomic E-state index is 10.6. The van der Waals surface area contributed by atoms with Crippen molar-refractivity contribution in [1.82, 2.24) is 4.90 Å². The molecule has 106 valence electrons. The van der Waals surface area contributed by atoms with E-state index in [9.17, 15) is 10.1 Å². The van der Waals surface area contributed by atoms with E-state index in [0.717, 1.165) is 25.2 Å². The summed E-state index contributed by atoms with van der Waals surface area (Å²) in [5.74, 6) is 0.601. The normalized spacial score (nSPS) is 22.6. The molecule has 0 radical (unpaired) electrons. The minimum absolute atomic E-state index is 0.0842. The lowest BCUT2D eigenvalue weighted by atomic mass is 10.2. The van der Waals surface area contributed by atoms with Crippen molar-refractivity contribution in [3.63, 3.8) is 0 Å². The Labute approximate surface area is 117 Å². The number of nitrogens with zero attached hydrogens (tertiary/aromatic N) is 3. The zero-order valence-electron chi connectivity index (χ0n) is 11.2. The van der Waals surface area contributed by atoms with Gasteiger partial charge in [0.15, 0.2) is 0 Å². The first kappa shape index (κ1) is 13.1. The molecule has 0 saturated carbocycles. The molecule has 0 aliphatic carbocycles. The zero-order chi connectivity index (χ0) is 13.9. The van der Waals surface area contributed by atoms with Crippen molar-refractivity contribution in [3.8, 4) is 0 Å². The molecule has 0 amide bonds. The molecule has 1 atom stereocenters. The van der Waals surface area contributed by atoms with Gasteiger partial charge >= 0.3 is 0 Å². The van der Waals surface area contributed by atoms with Gasteiger partial charge in [-0.2, -0.15) is 0 Å². The third-order valence-corrected chi connectivity index (χ3v) is 3.70. The number of non-ortho nitro benzene ring substituents is 1. The van der Waals surface area contributed by atoms with Crippen molar-refractivity contribution in [2.75, 3.05) is 26.2 Å². The van der Waals surface area contributed by atoms with Crippen LogP contribution in [0.3, 0.4) is 0 Å². The second-order valence-electron chi connectivity index (χ2n) is 5.20. The first-order chi connectivity index (χ1) is 9.72. The summed E-state index contributed by atoms with van der Waals surface area (Å²) >= 11 is 0. The van der Waals surface area contributed by atoms with Crippen molar-refractivity contribution in [2.24, 2.45) is 4.99 Å². The average Bonchev–Trinajstić information content (AvgIpc) is 3.11. The molecule has 0 bridgehead atoms. The number of nitro benzene ring substituents is 1. The molecule has 0 aromatic heterocycles. The molecule has 6 nitrogen and oxygen atoms in total. The summed E-state index contributed by atoms with van der Waals surface area (Å²) in [7, 11) is 0.